The van der Waals surface area contributed by atoms with Gasteiger partial charge in [-0.1, -0.05) is 0 Å². The van der Waals surface area contributed by atoms with Crippen molar-refractivity contribution >= 4 is 23.4 Å². The van der Waals surface area contributed by atoms with E-state index in [9.17, 15) is 19.5 Å². The van der Waals surface area contributed by atoms with Gasteiger partial charge in [-0.05, 0) is 26.0 Å². The van der Waals surface area contributed by atoms with Gasteiger partial charge in [0.15, 0.2) is 5.65 Å². The summed E-state index contributed by atoms with van der Waals surface area (Å²) in [4.78, 5) is 36.2. The largest absolute Gasteiger partial charge is 0.480 e. The molecule has 0 saturated carbocycles. The highest BCUT2D eigenvalue weighted by Crippen LogP contribution is 2.11. The van der Waals surface area contributed by atoms with E-state index in [4.69, 9.17) is 0 Å². The molecule has 0 aliphatic carbocycles. The van der Waals surface area contributed by atoms with E-state index in [-0.39, 0.29) is 19.0 Å². The summed E-state index contributed by atoms with van der Waals surface area (Å²) >= 11 is 0. The number of nitrogens with one attached hydrogen (secondary N) is 1. The van der Waals surface area contributed by atoms with Crippen molar-refractivity contribution in [1.82, 2.24) is 24.8 Å². The van der Waals surface area contributed by atoms with Gasteiger partial charge in [-0.15, -0.1) is 10.2 Å². The summed E-state index contributed by atoms with van der Waals surface area (Å²) in [6.07, 6.45) is 1.58. The first-order chi connectivity index (χ1) is 11.3. The number of aromatic nitrogens is 3. The maximum atomic E-state index is 12.7. The molecule has 0 aliphatic heterocycles. The molecule has 0 radical (unpaired) electrons. The molecular weight excluding hydrogens is 314 g/mol. The summed E-state index contributed by atoms with van der Waals surface area (Å²) in [6.45, 7) is 4.80. The number of carboxylic acids is 1. The molecule has 24 heavy (non-hydrogen) atoms. The van der Waals surface area contributed by atoms with Gasteiger partial charge in [0.1, 0.15) is 11.9 Å². The van der Waals surface area contributed by atoms with Gasteiger partial charge >= 0.3 is 5.97 Å². The van der Waals surface area contributed by atoms with Crippen LogP contribution in [0.3, 0.4) is 0 Å². The Kier molecular flexibility index (Phi) is 5.12. The van der Waals surface area contributed by atoms with Crippen LogP contribution in [-0.4, -0.2) is 61.5 Å². The lowest BCUT2D eigenvalue weighted by atomic mass is 10.2. The van der Waals surface area contributed by atoms with Crippen LogP contribution in [0.2, 0.25) is 0 Å². The first-order valence-corrected chi connectivity index (χ1v) is 7.41. The molecule has 0 spiro atoms. The van der Waals surface area contributed by atoms with E-state index >= 15 is 0 Å². The van der Waals surface area contributed by atoms with Crippen molar-refractivity contribution in [1.29, 1.82) is 0 Å². The molecule has 0 aliphatic rings. The molecule has 0 bridgehead atoms. The summed E-state index contributed by atoms with van der Waals surface area (Å²) in [5.41, 5.74) is 0.918. The summed E-state index contributed by atoms with van der Waals surface area (Å²) in [7, 11) is 0. The lowest BCUT2D eigenvalue weighted by Crippen LogP contribution is -2.46. The number of hydrogen-bond acceptors (Lipinski definition) is 5. The quantitative estimate of drug-likeness (QED) is 0.774. The van der Waals surface area contributed by atoms with Crippen molar-refractivity contribution in [3.8, 4) is 0 Å². The molecule has 1 unspecified atom stereocenters. The normalized spacial score (nSPS) is 12.0. The summed E-state index contributed by atoms with van der Waals surface area (Å²) < 4.78 is 1.66. The zero-order chi connectivity index (χ0) is 17.9. The fourth-order valence-electron chi connectivity index (χ4n) is 2.25. The Morgan fingerprint density at radius 1 is 1.33 bits per heavy atom. The lowest BCUT2D eigenvalue weighted by Gasteiger charge is -2.26. The van der Waals surface area contributed by atoms with Crippen molar-refractivity contribution in [2.45, 2.75) is 26.8 Å². The third-order valence-corrected chi connectivity index (χ3v) is 3.63. The Labute approximate surface area is 138 Å². The average Bonchev–Trinajstić information content (AvgIpc) is 2.91. The van der Waals surface area contributed by atoms with Crippen LogP contribution in [0.5, 0.6) is 0 Å². The summed E-state index contributed by atoms with van der Waals surface area (Å²) in [6, 6.07) is 2.19. The minimum atomic E-state index is -1.12. The standard InChI is InChI=1S/C15H19N5O4/c1-9(15(23)24)19(7-6-16-11(3)21)14(22)12-4-5-13-18-17-10(2)20(13)8-12/h4-5,8-9H,6-7H2,1-3H3,(H,16,21)(H,23,24). The molecule has 0 saturated heterocycles. The summed E-state index contributed by atoms with van der Waals surface area (Å²) in [5, 5.41) is 19.7. The van der Waals surface area contributed by atoms with E-state index in [0.717, 1.165) is 0 Å². The summed E-state index contributed by atoms with van der Waals surface area (Å²) in [5.74, 6) is -1.18. The molecule has 0 fully saturated rings. The Hall–Kier alpha value is -2.97. The Morgan fingerprint density at radius 2 is 2.04 bits per heavy atom. The molecule has 2 amide bonds. The van der Waals surface area contributed by atoms with Crippen LogP contribution in [0.4, 0.5) is 0 Å². The van der Waals surface area contributed by atoms with Crippen LogP contribution in [0.25, 0.3) is 5.65 Å². The smallest absolute Gasteiger partial charge is 0.326 e. The number of pyridine rings is 1. The van der Waals surface area contributed by atoms with Gasteiger partial charge in [-0.25, -0.2) is 4.79 Å². The maximum absolute atomic E-state index is 12.7. The molecular formula is C15H19N5O4. The molecule has 2 N–H and O–H groups in total. The van der Waals surface area contributed by atoms with Crippen LogP contribution in [-0.2, 0) is 9.59 Å². The monoisotopic (exact) mass is 333 g/mol. The van der Waals surface area contributed by atoms with E-state index in [1.165, 1.54) is 18.7 Å². The second-order valence-electron chi connectivity index (χ2n) is 5.39. The van der Waals surface area contributed by atoms with E-state index in [0.29, 0.717) is 17.0 Å². The van der Waals surface area contributed by atoms with Gasteiger partial charge < -0.3 is 15.3 Å². The number of carbonyl (C=O) groups excluding carboxylic acids is 2. The fraction of sp³-hybridized carbons (Fsp3) is 0.400. The van der Waals surface area contributed by atoms with Crippen LogP contribution < -0.4 is 5.32 Å². The van der Waals surface area contributed by atoms with Crippen LogP contribution in [0.15, 0.2) is 18.3 Å². The number of aryl methyl sites for hydroxylation is 1. The van der Waals surface area contributed by atoms with E-state index in [2.05, 4.69) is 15.5 Å². The van der Waals surface area contributed by atoms with Crippen molar-refractivity contribution in [3.63, 3.8) is 0 Å². The zero-order valence-corrected chi connectivity index (χ0v) is 13.7. The first-order valence-electron chi connectivity index (χ1n) is 7.41. The molecule has 128 valence electrons. The van der Waals surface area contributed by atoms with Gasteiger partial charge in [0.2, 0.25) is 5.91 Å². The van der Waals surface area contributed by atoms with Gasteiger partial charge in [0, 0.05) is 26.2 Å². The molecule has 2 aromatic heterocycles. The Balaban J connectivity index is 2.28. The second-order valence-corrected chi connectivity index (χ2v) is 5.39. The highest BCUT2D eigenvalue weighted by Gasteiger charge is 2.26. The Bertz CT molecular complexity index is 785. The molecule has 2 heterocycles. The van der Waals surface area contributed by atoms with E-state index < -0.39 is 17.9 Å². The predicted molar refractivity (Wildman–Crippen MR) is 84.5 cm³/mol. The second kappa shape index (κ2) is 7.07. The number of aliphatic carboxylic acids is 1. The first kappa shape index (κ1) is 17.4. The topological polar surface area (TPSA) is 117 Å². The van der Waals surface area contributed by atoms with E-state index in [1.807, 2.05) is 0 Å². The number of carboxylic acid groups (broad SMARTS) is 1. The van der Waals surface area contributed by atoms with E-state index in [1.54, 1.807) is 29.7 Å². The van der Waals surface area contributed by atoms with Gasteiger partial charge in [0.25, 0.3) is 5.91 Å². The van der Waals surface area contributed by atoms with Gasteiger partial charge in [-0.3, -0.25) is 14.0 Å². The molecule has 0 aromatic carbocycles. The van der Waals surface area contributed by atoms with Gasteiger partial charge in [0.05, 0.1) is 5.56 Å². The molecule has 9 nitrogen and oxygen atoms in total. The molecule has 2 rings (SSSR count). The third kappa shape index (κ3) is 3.67. The molecule has 1 atom stereocenters. The highest BCUT2D eigenvalue weighted by molar-refractivity contribution is 5.96. The highest BCUT2D eigenvalue weighted by atomic mass is 16.4. The van der Waals surface area contributed by atoms with Crippen LogP contribution >= 0.6 is 0 Å². The van der Waals surface area contributed by atoms with Crippen molar-refractivity contribution in [2.24, 2.45) is 0 Å². The Morgan fingerprint density at radius 3 is 2.67 bits per heavy atom. The number of nitrogens with zero attached hydrogens (tertiary/aromatic N) is 4. The van der Waals surface area contributed by atoms with Crippen molar-refractivity contribution in [3.05, 3.63) is 29.7 Å². The number of amides is 2. The number of hydrogen-bond donors (Lipinski definition) is 2. The number of carbonyl (C=O) groups is 3. The minimum Gasteiger partial charge on any atom is -0.480 e. The van der Waals surface area contributed by atoms with Crippen molar-refractivity contribution in [2.75, 3.05) is 13.1 Å². The SMILES string of the molecule is CC(=O)NCCN(C(=O)c1ccc2nnc(C)n2c1)C(C)C(=O)O. The van der Waals surface area contributed by atoms with Crippen LogP contribution in [0.1, 0.15) is 30.0 Å². The van der Waals surface area contributed by atoms with Crippen LogP contribution in [0, 0.1) is 6.92 Å². The van der Waals surface area contributed by atoms with Gasteiger partial charge in [-0.2, -0.15) is 0 Å². The van der Waals surface area contributed by atoms with Crippen molar-refractivity contribution < 1.29 is 19.5 Å². The third-order valence-electron chi connectivity index (χ3n) is 3.63. The average molecular weight is 333 g/mol. The fourth-order valence-corrected chi connectivity index (χ4v) is 2.25. The minimum absolute atomic E-state index is 0.0884. The number of fused-ring (bicyclic) bond motifs is 1. The zero-order valence-electron chi connectivity index (χ0n) is 13.7. The maximum Gasteiger partial charge on any atom is 0.326 e. The molecule has 9 heteroatoms. The predicted octanol–water partition coefficient (Wildman–Crippen LogP) is 0.0891. The number of rotatable bonds is 6. The lowest BCUT2D eigenvalue weighted by molar-refractivity contribution is -0.141. The molecule has 2 aromatic rings.